The van der Waals surface area contributed by atoms with E-state index < -0.39 is 0 Å². The van der Waals surface area contributed by atoms with Crippen molar-refractivity contribution in [2.24, 2.45) is 4.99 Å². The Morgan fingerprint density at radius 2 is 1.76 bits per heavy atom. The fourth-order valence-electron chi connectivity index (χ4n) is 4.05. The fraction of sp³-hybridized carbons (Fsp3) is 0.462. The van der Waals surface area contributed by atoms with Gasteiger partial charge in [-0.2, -0.15) is 0 Å². The summed E-state index contributed by atoms with van der Waals surface area (Å²) in [6.45, 7) is 6.51. The Labute approximate surface area is 215 Å². The summed E-state index contributed by atoms with van der Waals surface area (Å²) in [5.74, 6) is 0.855. The van der Waals surface area contributed by atoms with Crippen molar-refractivity contribution in [2.75, 3.05) is 33.7 Å². The number of rotatable bonds is 8. The van der Waals surface area contributed by atoms with E-state index in [1.54, 1.807) is 19.0 Å². The van der Waals surface area contributed by atoms with E-state index in [-0.39, 0.29) is 29.9 Å². The van der Waals surface area contributed by atoms with Gasteiger partial charge in [-0.1, -0.05) is 48.9 Å². The molecule has 2 aromatic rings. The van der Waals surface area contributed by atoms with Crippen molar-refractivity contribution in [3.8, 4) is 0 Å². The zero-order chi connectivity index (χ0) is 22.8. The number of halogens is 1. The Morgan fingerprint density at radius 1 is 1.03 bits per heavy atom. The van der Waals surface area contributed by atoms with Crippen LogP contribution in [0.4, 0.5) is 0 Å². The van der Waals surface area contributed by atoms with Gasteiger partial charge in [0.05, 0.1) is 6.54 Å². The summed E-state index contributed by atoms with van der Waals surface area (Å²) in [6.07, 6.45) is 3.76. The number of hydrogen-bond donors (Lipinski definition) is 2. The Kier molecular flexibility index (Phi) is 11.7. The molecule has 1 saturated heterocycles. The number of hydrogen-bond acceptors (Lipinski definition) is 3. The van der Waals surface area contributed by atoms with Gasteiger partial charge in [0, 0.05) is 45.3 Å². The highest BCUT2D eigenvalue weighted by atomic mass is 127. The molecule has 0 aliphatic carbocycles. The Balaban J connectivity index is 0.00000385. The number of carbonyl (C=O) groups is 1. The number of piperidine rings is 1. The van der Waals surface area contributed by atoms with Crippen LogP contribution in [0.25, 0.3) is 0 Å². The molecule has 0 bridgehead atoms. The van der Waals surface area contributed by atoms with Gasteiger partial charge in [-0.3, -0.25) is 9.69 Å². The number of benzene rings is 2. The lowest BCUT2D eigenvalue weighted by molar-refractivity contribution is 0.0827. The van der Waals surface area contributed by atoms with Crippen LogP contribution < -0.4 is 10.6 Å². The van der Waals surface area contributed by atoms with Crippen LogP contribution in [-0.2, 0) is 13.1 Å². The molecule has 3 rings (SSSR count). The van der Waals surface area contributed by atoms with Crippen molar-refractivity contribution in [3.05, 3.63) is 71.3 Å². The third-order valence-corrected chi connectivity index (χ3v) is 5.85. The summed E-state index contributed by atoms with van der Waals surface area (Å²) >= 11 is 0. The van der Waals surface area contributed by atoms with Gasteiger partial charge < -0.3 is 15.5 Å². The van der Waals surface area contributed by atoms with Crippen molar-refractivity contribution in [1.82, 2.24) is 20.4 Å². The first-order valence-corrected chi connectivity index (χ1v) is 11.7. The van der Waals surface area contributed by atoms with Gasteiger partial charge in [-0.25, -0.2) is 4.99 Å². The summed E-state index contributed by atoms with van der Waals surface area (Å²) in [5, 5.41) is 6.92. The second kappa shape index (κ2) is 14.2. The zero-order valence-electron chi connectivity index (χ0n) is 20.1. The van der Waals surface area contributed by atoms with Gasteiger partial charge in [-0.15, -0.1) is 24.0 Å². The van der Waals surface area contributed by atoms with Crippen molar-refractivity contribution < 1.29 is 4.79 Å². The van der Waals surface area contributed by atoms with Gasteiger partial charge in [0.1, 0.15) is 0 Å². The first-order valence-electron chi connectivity index (χ1n) is 11.7. The predicted octanol–water partition coefficient (Wildman–Crippen LogP) is 4.12. The van der Waals surface area contributed by atoms with E-state index in [9.17, 15) is 4.79 Å². The molecule has 6 nitrogen and oxygen atoms in total. The van der Waals surface area contributed by atoms with Crippen LogP contribution in [0.15, 0.2) is 59.6 Å². The van der Waals surface area contributed by atoms with E-state index in [0.29, 0.717) is 18.2 Å². The van der Waals surface area contributed by atoms with E-state index in [2.05, 4.69) is 52.8 Å². The number of nitrogens with one attached hydrogen (secondary N) is 2. The van der Waals surface area contributed by atoms with Crippen LogP contribution in [0.1, 0.15) is 47.7 Å². The van der Waals surface area contributed by atoms with Gasteiger partial charge in [0.15, 0.2) is 5.96 Å². The van der Waals surface area contributed by atoms with Crippen molar-refractivity contribution in [2.45, 2.75) is 45.3 Å². The minimum atomic E-state index is 0. The van der Waals surface area contributed by atoms with Gasteiger partial charge >= 0.3 is 0 Å². The third kappa shape index (κ3) is 8.62. The van der Waals surface area contributed by atoms with Crippen LogP contribution in [0.3, 0.4) is 0 Å². The average Bonchev–Trinajstić information content (AvgIpc) is 2.82. The Hall–Kier alpha value is -2.13. The predicted molar refractivity (Wildman–Crippen MR) is 147 cm³/mol. The standard InChI is InChI=1S/C26H37N5O.HI/c1-4-27-26(28-18-21-13-15-23(16-14-21)25(32)30(2)3)29-19-24-12-8-9-17-31(24)20-22-10-6-5-7-11-22;/h5-7,10-11,13-16,24H,4,8-9,12,17-20H2,1-3H3,(H2,27,28,29);1H. The maximum atomic E-state index is 12.1. The molecule has 1 atom stereocenters. The fourth-order valence-corrected chi connectivity index (χ4v) is 4.05. The molecule has 2 aromatic carbocycles. The maximum absolute atomic E-state index is 12.1. The molecule has 33 heavy (non-hydrogen) atoms. The van der Waals surface area contributed by atoms with Crippen molar-refractivity contribution >= 4 is 35.8 Å². The number of amides is 1. The van der Waals surface area contributed by atoms with Crippen LogP contribution in [0.5, 0.6) is 0 Å². The molecule has 1 aliphatic rings. The van der Waals surface area contributed by atoms with Crippen LogP contribution in [-0.4, -0.2) is 61.4 Å². The summed E-state index contributed by atoms with van der Waals surface area (Å²) in [4.78, 5) is 21.0. The van der Waals surface area contributed by atoms with E-state index in [1.165, 1.54) is 24.8 Å². The highest BCUT2D eigenvalue weighted by Gasteiger charge is 2.22. The molecule has 180 valence electrons. The number of aliphatic imine (C=N–C) groups is 1. The second-order valence-electron chi connectivity index (χ2n) is 8.58. The average molecular weight is 564 g/mol. The van der Waals surface area contributed by atoms with Gasteiger partial charge in [0.25, 0.3) is 5.91 Å². The summed E-state index contributed by atoms with van der Waals surface area (Å²) < 4.78 is 0. The maximum Gasteiger partial charge on any atom is 0.253 e. The highest BCUT2D eigenvalue weighted by molar-refractivity contribution is 14.0. The molecule has 1 aliphatic heterocycles. The van der Waals surface area contributed by atoms with Gasteiger partial charge in [-0.05, 0) is 49.6 Å². The Morgan fingerprint density at radius 3 is 2.42 bits per heavy atom. The van der Waals surface area contributed by atoms with Crippen LogP contribution in [0.2, 0.25) is 0 Å². The first kappa shape index (κ1) is 27.1. The van der Waals surface area contributed by atoms with E-state index in [0.717, 1.165) is 37.7 Å². The molecule has 0 saturated carbocycles. The molecule has 0 radical (unpaired) electrons. The topological polar surface area (TPSA) is 60.0 Å². The molecule has 1 fully saturated rings. The van der Waals surface area contributed by atoms with Crippen molar-refractivity contribution in [3.63, 3.8) is 0 Å². The molecule has 0 aromatic heterocycles. The SMILES string of the molecule is CCNC(=NCc1ccc(C(=O)N(C)C)cc1)NCC1CCCCN1Cc1ccccc1.I. The zero-order valence-corrected chi connectivity index (χ0v) is 22.4. The highest BCUT2D eigenvalue weighted by Crippen LogP contribution is 2.19. The summed E-state index contributed by atoms with van der Waals surface area (Å²) in [7, 11) is 3.53. The molecule has 7 heteroatoms. The van der Waals surface area contributed by atoms with Crippen LogP contribution in [0, 0.1) is 0 Å². The van der Waals surface area contributed by atoms with Gasteiger partial charge in [0.2, 0.25) is 0 Å². The molecule has 2 N–H and O–H groups in total. The molecular weight excluding hydrogens is 525 g/mol. The summed E-state index contributed by atoms with van der Waals surface area (Å²) in [5.41, 5.74) is 3.15. The minimum Gasteiger partial charge on any atom is -0.357 e. The molecule has 1 heterocycles. The minimum absolute atomic E-state index is 0. The van der Waals surface area contributed by atoms with Crippen molar-refractivity contribution in [1.29, 1.82) is 0 Å². The molecule has 0 spiro atoms. The Bertz CT molecular complexity index is 870. The third-order valence-electron chi connectivity index (χ3n) is 5.85. The van der Waals surface area contributed by atoms with E-state index in [1.807, 2.05) is 24.3 Å². The van der Waals surface area contributed by atoms with E-state index in [4.69, 9.17) is 4.99 Å². The largest absolute Gasteiger partial charge is 0.357 e. The summed E-state index contributed by atoms with van der Waals surface area (Å²) in [6, 6.07) is 18.9. The normalized spacial score (nSPS) is 16.6. The quantitative estimate of drug-likeness (QED) is 0.289. The number of nitrogens with zero attached hydrogens (tertiary/aromatic N) is 3. The number of carbonyl (C=O) groups excluding carboxylic acids is 1. The number of likely N-dealkylation sites (tertiary alicyclic amines) is 1. The monoisotopic (exact) mass is 563 g/mol. The smallest absolute Gasteiger partial charge is 0.253 e. The lowest BCUT2D eigenvalue weighted by atomic mass is 10.0. The number of guanidine groups is 1. The second-order valence-corrected chi connectivity index (χ2v) is 8.58. The lowest BCUT2D eigenvalue weighted by Crippen LogP contribution is -2.48. The molecule has 1 unspecified atom stereocenters. The molecule has 1 amide bonds. The van der Waals surface area contributed by atoms with E-state index >= 15 is 0 Å². The molecular formula is C26H38IN5O. The first-order chi connectivity index (χ1) is 15.6. The lowest BCUT2D eigenvalue weighted by Gasteiger charge is -2.36. The van der Waals surface area contributed by atoms with Crippen LogP contribution >= 0.6 is 24.0 Å².